The number of carbonyl (C=O) groups is 1. The minimum absolute atomic E-state index is 0.0793. The first kappa shape index (κ1) is 19.2. The largest absolute Gasteiger partial charge is 0.311 e. The van der Waals surface area contributed by atoms with Crippen LogP contribution in [0.2, 0.25) is 0 Å². The number of nitrogens with zero attached hydrogens (tertiary/aromatic N) is 2. The van der Waals surface area contributed by atoms with Crippen LogP contribution in [0.1, 0.15) is 65.0 Å². The fourth-order valence-electron chi connectivity index (χ4n) is 3.46. The average Bonchev–Trinajstić information content (AvgIpc) is 3.23. The number of amides is 1. The van der Waals surface area contributed by atoms with Crippen LogP contribution >= 0.6 is 15.9 Å². The Morgan fingerprint density at radius 3 is 2.50 bits per heavy atom. The summed E-state index contributed by atoms with van der Waals surface area (Å²) in [5.74, 6) is 1.55. The van der Waals surface area contributed by atoms with Crippen molar-refractivity contribution in [3.63, 3.8) is 0 Å². The van der Waals surface area contributed by atoms with Crippen molar-refractivity contribution in [1.29, 1.82) is 0 Å². The monoisotopic (exact) mass is 417 g/mol. The van der Waals surface area contributed by atoms with Crippen molar-refractivity contribution in [3.05, 3.63) is 40.5 Å². The molecule has 0 unspecified atom stereocenters. The molecule has 1 aromatic heterocycles. The van der Waals surface area contributed by atoms with Gasteiger partial charge in [-0.05, 0) is 36.6 Å². The SMILES string of the molecule is CC(C)(C)c1cc(NC(=O)CCC2CCCC2)n(-c2ccc(Br)cc2)n1. The van der Waals surface area contributed by atoms with Gasteiger partial charge in [0.25, 0.3) is 0 Å². The van der Waals surface area contributed by atoms with E-state index < -0.39 is 0 Å². The Bertz CT molecular complexity index is 753. The molecule has 26 heavy (non-hydrogen) atoms. The summed E-state index contributed by atoms with van der Waals surface area (Å²) in [7, 11) is 0. The molecule has 0 saturated heterocycles. The molecule has 0 aliphatic heterocycles. The van der Waals surface area contributed by atoms with Crippen molar-refractivity contribution in [2.45, 2.75) is 64.7 Å². The molecule has 3 rings (SSSR count). The summed E-state index contributed by atoms with van der Waals surface area (Å²) in [6, 6.07) is 9.96. The van der Waals surface area contributed by atoms with E-state index in [9.17, 15) is 4.79 Å². The van der Waals surface area contributed by atoms with Crippen LogP contribution < -0.4 is 5.32 Å². The summed E-state index contributed by atoms with van der Waals surface area (Å²) in [6.45, 7) is 6.40. The zero-order chi connectivity index (χ0) is 18.7. The molecular weight excluding hydrogens is 390 g/mol. The fraction of sp³-hybridized carbons (Fsp3) is 0.524. The molecule has 1 amide bonds. The maximum absolute atomic E-state index is 12.5. The van der Waals surface area contributed by atoms with Gasteiger partial charge in [0.2, 0.25) is 5.91 Å². The standard InChI is InChI=1S/C21H28BrN3O/c1-21(2,3)18-14-19(23-20(26)13-8-15-6-4-5-7-15)25(24-18)17-11-9-16(22)10-12-17/h9-12,14-15H,4-8,13H2,1-3H3,(H,23,26). The number of nitrogens with one attached hydrogen (secondary N) is 1. The Morgan fingerprint density at radius 2 is 1.88 bits per heavy atom. The van der Waals surface area contributed by atoms with Gasteiger partial charge in [0, 0.05) is 22.4 Å². The number of rotatable bonds is 5. The minimum Gasteiger partial charge on any atom is -0.311 e. The lowest BCUT2D eigenvalue weighted by atomic mass is 9.92. The molecule has 0 radical (unpaired) electrons. The van der Waals surface area contributed by atoms with Crippen LogP contribution in [0.3, 0.4) is 0 Å². The van der Waals surface area contributed by atoms with Crippen LogP contribution in [-0.2, 0) is 10.2 Å². The summed E-state index contributed by atoms with van der Waals surface area (Å²) >= 11 is 3.47. The van der Waals surface area contributed by atoms with Crippen molar-refractivity contribution >= 4 is 27.7 Å². The average molecular weight is 418 g/mol. The normalized spacial score (nSPS) is 15.4. The molecule has 1 fully saturated rings. The molecule has 1 aliphatic rings. The van der Waals surface area contributed by atoms with Crippen molar-refractivity contribution in [1.82, 2.24) is 9.78 Å². The van der Waals surface area contributed by atoms with Gasteiger partial charge < -0.3 is 5.32 Å². The van der Waals surface area contributed by atoms with Crippen LogP contribution in [0, 0.1) is 5.92 Å². The Morgan fingerprint density at radius 1 is 1.23 bits per heavy atom. The van der Waals surface area contributed by atoms with Crippen molar-refractivity contribution in [2.24, 2.45) is 5.92 Å². The predicted octanol–water partition coefficient (Wildman–Crippen LogP) is 5.84. The van der Waals surface area contributed by atoms with E-state index >= 15 is 0 Å². The zero-order valence-corrected chi connectivity index (χ0v) is 17.5. The van der Waals surface area contributed by atoms with Crippen LogP contribution in [0.5, 0.6) is 0 Å². The summed E-state index contributed by atoms with van der Waals surface area (Å²) in [5.41, 5.74) is 1.82. The molecule has 140 valence electrons. The van der Waals surface area contributed by atoms with Crippen LogP contribution in [0.15, 0.2) is 34.8 Å². The highest BCUT2D eigenvalue weighted by molar-refractivity contribution is 9.10. The number of halogens is 1. The Hall–Kier alpha value is -1.62. The summed E-state index contributed by atoms with van der Waals surface area (Å²) in [6.07, 6.45) is 6.76. The quantitative estimate of drug-likeness (QED) is 0.663. The predicted molar refractivity (Wildman–Crippen MR) is 110 cm³/mol. The smallest absolute Gasteiger partial charge is 0.225 e. The third-order valence-corrected chi connectivity index (χ3v) is 5.60. The van der Waals surface area contributed by atoms with E-state index in [4.69, 9.17) is 5.10 Å². The second kappa shape index (κ2) is 7.95. The van der Waals surface area contributed by atoms with Gasteiger partial charge in [-0.3, -0.25) is 4.79 Å². The van der Waals surface area contributed by atoms with Gasteiger partial charge in [-0.25, -0.2) is 4.68 Å². The first-order valence-corrected chi connectivity index (χ1v) is 10.3. The fourth-order valence-corrected chi connectivity index (χ4v) is 3.72. The molecule has 0 spiro atoms. The van der Waals surface area contributed by atoms with E-state index in [1.165, 1.54) is 25.7 Å². The number of aromatic nitrogens is 2. The second-order valence-corrected chi connectivity index (χ2v) is 9.21. The van der Waals surface area contributed by atoms with Gasteiger partial charge in [-0.2, -0.15) is 5.10 Å². The molecule has 0 bridgehead atoms. The molecule has 5 heteroatoms. The minimum atomic E-state index is -0.0794. The molecular formula is C21H28BrN3O. The third-order valence-electron chi connectivity index (χ3n) is 5.07. The number of anilines is 1. The lowest BCUT2D eigenvalue weighted by molar-refractivity contribution is -0.116. The Labute approximate surface area is 164 Å². The van der Waals surface area contributed by atoms with Gasteiger partial charge in [-0.15, -0.1) is 0 Å². The van der Waals surface area contributed by atoms with Gasteiger partial charge in [-0.1, -0.05) is 62.4 Å². The molecule has 2 aromatic rings. The van der Waals surface area contributed by atoms with Crippen LogP contribution in [-0.4, -0.2) is 15.7 Å². The van der Waals surface area contributed by atoms with Crippen molar-refractivity contribution in [2.75, 3.05) is 5.32 Å². The van der Waals surface area contributed by atoms with E-state index in [1.54, 1.807) is 0 Å². The molecule has 4 nitrogen and oxygen atoms in total. The second-order valence-electron chi connectivity index (χ2n) is 8.29. The summed E-state index contributed by atoms with van der Waals surface area (Å²) < 4.78 is 2.85. The molecule has 1 saturated carbocycles. The lowest BCUT2D eigenvalue weighted by Gasteiger charge is -2.14. The number of hydrogen-bond donors (Lipinski definition) is 1. The molecule has 1 aromatic carbocycles. The van der Waals surface area contributed by atoms with E-state index in [1.807, 2.05) is 35.0 Å². The zero-order valence-electron chi connectivity index (χ0n) is 15.9. The van der Waals surface area contributed by atoms with E-state index in [2.05, 4.69) is 42.0 Å². The third kappa shape index (κ3) is 4.76. The topological polar surface area (TPSA) is 46.9 Å². The highest BCUT2D eigenvalue weighted by atomic mass is 79.9. The maximum Gasteiger partial charge on any atom is 0.225 e. The summed E-state index contributed by atoms with van der Waals surface area (Å²) in [4.78, 5) is 12.5. The van der Waals surface area contributed by atoms with Crippen molar-refractivity contribution < 1.29 is 4.79 Å². The van der Waals surface area contributed by atoms with E-state index in [-0.39, 0.29) is 11.3 Å². The lowest BCUT2D eigenvalue weighted by Crippen LogP contribution is -2.15. The molecule has 1 aliphatic carbocycles. The van der Waals surface area contributed by atoms with Gasteiger partial charge in [0.05, 0.1) is 11.4 Å². The van der Waals surface area contributed by atoms with E-state index in [0.29, 0.717) is 6.42 Å². The number of hydrogen-bond acceptors (Lipinski definition) is 2. The molecule has 0 atom stereocenters. The summed E-state index contributed by atoms with van der Waals surface area (Å²) in [5, 5.41) is 7.85. The molecule has 1 N–H and O–H groups in total. The number of carbonyl (C=O) groups excluding carboxylic acids is 1. The van der Waals surface area contributed by atoms with Crippen molar-refractivity contribution in [3.8, 4) is 5.69 Å². The van der Waals surface area contributed by atoms with Crippen LogP contribution in [0.4, 0.5) is 5.82 Å². The first-order valence-electron chi connectivity index (χ1n) is 9.49. The maximum atomic E-state index is 12.5. The van der Waals surface area contributed by atoms with Gasteiger partial charge in [0.15, 0.2) is 0 Å². The van der Waals surface area contributed by atoms with Crippen LogP contribution in [0.25, 0.3) is 5.69 Å². The first-order chi connectivity index (χ1) is 12.3. The Kier molecular flexibility index (Phi) is 5.86. The molecule has 1 heterocycles. The highest BCUT2D eigenvalue weighted by Gasteiger charge is 2.22. The highest BCUT2D eigenvalue weighted by Crippen LogP contribution is 2.29. The Balaban J connectivity index is 1.78. The number of benzene rings is 1. The van der Waals surface area contributed by atoms with Gasteiger partial charge in [0.1, 0.15) is 5.82 Å². The van der Waals surface area contributed by atoms with Gasteiger partial charge >= 0.3 is 0 Å². The van der Waals surface area contributed by atoms with E-state index in [0.717, 1.165) is 34.0 Å².